The van der Waals surface area contributed by atoms with Crippen LogP contribution < -0.4 is 15.5 Å². The number of urea groups is 1. The number of hydrogen-bond acceptors (Lipinski definition) is 8. The van der Waals surface area contributed by atoms with Gasteiger partial charge >= 0.3 is 12.1 Å². The van der Waals surface area contributed by atoms with Gasteiger partial charge in [0.25, 0.3) is 0 Å². The zero-order valence-corrected chi connectivity index (χ0v) is 23.6. The van der Waals surface area contributed by atoms with E-state index in [0.29, 0.717) is 44.4 Å². The van der Waals surface area contributed by atoms with Crippen LogP contribution in [0, 0.1) is 5.41 Å². The molecule has 1 aromatic carbocycles. The molecule has 0 bridgehead atoms. The van der Waals surface area contributed by atoms with Gasteiger partial charge in [-0.25, -0.2) is 24.2 Å². The topological polar surface area (TPSA) is 127 Å². The van der Waals surface area contributed by atoms with E-state index in [1.54, 1.807) is 11.9 Å². The molecule has 5 rings (SSSR count). The lowest BCUT2D eigenvalue weighted by Crippen LogP contribution is -2.40. The number of hydrogen-bond donors (Lipinski definition) is 2. The zero-order chi connectivity index (χ0) is 28.3. The third-order valence-corrected chi connectivity index (χ3v) is 7.07. The van der Waals surface area contributed by atoms with Gasteiger partial charge in [0.15, 0.2) is 11.5 Å². The number of carbonyl (C=O) groups is 2. The maximum absolute atomic E-state index is 12.6. The molecule has 0 atom stereocenters. The summed E-state index contributed by atoms with van der Waals surface area (Å²) in [6.07, 6.45) is 3.11. The van der Waals surface area contributed by atoms with Crippen LogP contribution in [-0.2, 0) is 9.47 Å². The highest BCUT2D eigenvalue weighted by Gasteiger charge is 2.29. The van der Waals surface area contributed by atoms with Crippen LogP contribution in [0.25, 0.3) is 22.4 Å². The number of rotatable bonds is 5. The average molecular weight is 551 g/mol. The van der Waals surface area contributed by atoms with E-state index >= 15 is 0 Å². The second-order valence-electron chi connectivity index (χ2n) is 11.4. The molecule has 2 aliphatic rings. The highest BCUT2D eigenvalue weighted by molar-refractivity contribution is 5.90. The average Bonchev–Trinajstić information content (AvgIpc) is 3.40. The Labute approximate surface area is 234 Å². The smallest absolute Gasteiger partial charge is 0.409 e. The minimum absolute atomic E-state index is 0.0709. The molecule has 2 fully saturated rings. The number of nitrogens with one attached hydrogen (secondary N) is 2. The fraction of sp³-hybridized carbons (Fsp3) is 0.536. The van der Waals surface area contributed by atoms with Crippen molar-refractivity contribution in [2.45, 2.75) is 39.7 Å². The van der Waals surface area contributed by atoms with Crippen LogP contribution >= 0.6 is 0 Å². The lowest BCUT2D eigenvalue weighted by molar-refractivity contribution is 0.0622. The summed E-state index contributed by atoms with van der Waals surface area (Å²) in [7, 11) is 1.58. The lowest BCUT2D eigenvalue weighted by Gasteiger charge is -2.32. The van der Waals surface area contributed by atoms with Gasteiger partial charge in [0.2, 0.25) is 0 Å². The van der Waals surface area contributed by atoms with Gasteiger partial charge in [0.1, 0.15) is 5.82 Å². The standard InChI is InChI=1S/C28H38N8O4/c1-28(2,3)18-40-27(38)35-11-9-21(10-12-35)36-25-22(17-30-36)24(34-13-15-39-16-14-34)32-23(33-25)19-5-7-20(8-6-19)31-26(37)29-4/h5-8,17,21H,9-16,18H2,1-4H3,(H2,29,31,37). The second kappa shape index (κ2) is 11.7. The van der Waals surface area contributed by atoms with Crippen molar-refractivity contribution in [2.24, 2.45) is 5.41 Å². The molecule has 3 amide bonds. The zero-order valence-electron chi connectivity index (χ0n) is 23.6. The molecule has 2 aromatic heterocycles. The van der Waals surface area contributed by atoms with Crippen LogP contribution in [0.5, 0.6) is 0 Å². The fourth-order valence-electron chi connectivity index (χ4n) is 4.88. The van der Waals surface area contributed by atoms with Crippen molar-refractivity contribution in [3.8, 4) is 11.4 Å². The first kappa shape index (κ1) is 27.6. The Hall–Kier alpha value is -3.93. The third kappa shape index (κ3) is 6.27. The molecular formula is C28H38N8O4. The minimum Gasteiger partial charge on any atom is -0.449 e. The van der Waals surface area contributed by atoms with Crippen LogP contribution in [0.4, 0.5) is 21.1 Å². The molecule has 4 heterocycles. The molecular weight excluding hydrogens is 512 g/mol. The Bertz CT molecular complexity index is 1340. The first-order valence-corrected chi connectivity index (χ1v) is 13.8. The van der Waals surface area contributed by atoms with Crippen LogP contribution in [0.2, 0.25) is 0 Å². The molecule has 0 radical (unpaired) electrons. The number of amides is 3. The van der Waals surface area contributed by atoms with Crippen molar-refractivity contribution in [1.82, 2.24) is 30.0 Å². The number of likely N-dealkylation sites (tertiary alicyclic amines) is 1. The summed E-state index contributed by atoms with van der Waals surface area (Å²) in [6, 6.07) is 7.29. The van der Waals surface area contributed by atoms with Crippen molar-refractivity contribution in [3.63, 3.8) is 0 Å². The van der Waals surface area contributed by atoms with Crippen molar-refractivity contribution >= 4 is 34.7 Å². The molecule has 12 heteroatoms. The molecule has 0 unspecified atom stereocenters. The molecule has 2 saturated heterocycles. The molecule has 2 N–H and O–H groups in total. The number of morpholine rings is 1. The number of piperidine rings is 1. The number of fused-ring (bicyclic) bond motifs is 1. The van der Waals surface area contributed by atoms with Gasteiger partial charge in [-0.2, -0.15) is 5.10 Å². The normalized spacial score (nSPS) is 16.7. The Balaban J connectivity index is 1.41. The molecule has 214 valence electrons. The van der Waals surface area contributed by atoms with Gasteiger partial charge in [-0.15, -0.1) is 0 Å². The summed E-state index contributed by atoms with van der Waals surface area (Å²) >= 11 is 0. The molecule has 0 saturated carbocycles. The molecule has 0 spiro atoms. The van der Waals surface area contributed by atoms with E-state index in [2.05, 4.69) is 15.5 Å². The van der Waals surface area contributed by atoms with E-state index < -0.39 is 0 Å². The van der Waals surface area contributed by atoms with Crippen LogP contribution in [0.1, 0.15) is 39.7 Å². The summed E-state index contributed by atoms with van der Waals surface area (Å²) in [5, 5.41) is 11.0. The van der Waals surface area contributed by atoms with Gasteiger partial charge in [-0.3, -0.25) is 0 Å². The van der Waals surface area contributed by atoms with Crippen LogP contribution in [0.3, 0.4) is 0 Å². The van der Waals surface area contributed by atoms with Crippen molar-refractivity contribution < 1.29 is 19.1 Å². The van der Waals surface area contributed by atoms with Crippen molar-refractivity contribution in [3.05, 3.63) is 30.5 Å². The Morgan fingerprint density at radius 2 is 1.75 bits per heavy atom. The third-order valence-electron chi connectivity index (χ3n) is 7.07. The highest BCUT2D eigenvalue weighted by Crippen LogP contribution is 2.32. The molecule has 3 aromatic rings. The SMILES string of the molecule is CNC(=O)Nc1ccc(-c2nc(N3CCOCC3)c3cnn(C4CCN(C(=O)OCC(C)(C)C)CC4)c3n2)cc1. The Kier molecular flexibility index (Phi) is 8.06. The van der Waals surface area contributed by atoms with Crippen molar-refractivity contribution in [1.29, 1.82) is 0 Å². The summed E-state index contributed by atoms with van der Waals surface area (Å²) in [6.45, 7) is 10.5. The predicted molar refractivity (Wildman–Crippen MR) is 153 cm³/mol. The van der Waals surface area contributed by atoms with E-state index in [-0.39, 0.29) is 23.6 Å². The summed E-state index contributed by atoms with van der Waals surface area (Å²) in [4.78, 5) is 38.2. The molecule has 40 heavy (non-hydrogen) atoms. The molecule has 0 aliphatic carbocycles. The minimum atomic E-state index is -0.280. The number of ether oxygens (including phenoxy) is 2. The van der Waals surface area contributed by atoms with Gasteiger partial charge < -0.3 is 29.9 Å². The lowest BCUT2D eigenvalue weighted by atomic mass is 9.99. The van der Waals surface area contributed by atoms with Crippen LogP contribution in [-0.4, -0.2) is 89.8 Å². The summed E-state index contributed by atoms with van der Waals surface area (Å²) < 4.78 is 13.1. The number of anilines is 2. The maximum Gasteiger partial charge on any atom is 0.409 e. The summed E-state index contributed by atoms with van der Waals surface area (Å²) in [5.74, 6) is 1.43. The first-order chi connectivity index (χ1) is 19.2. The number of nitrogens with zero attached hydrogens (tertiary/aromatic N) is 6. The van der Waals surface area contributed by atoms with Crippen LogP contribution in [0.15, 0.2) is 30.5 Å². The van der Waals surface area contributed by atoms with Gasteiger partial charge in [-0.05, 0) is 42.5 Å². The number of carbonyl (C=O) groups excluding carboxylic acids is 2. The maximum atomic E-state index is 12.6. The van der Waals surface area contributed by atoms with Gasteiger partial charge in [0.05, 0.1) is 37.4 Å². The monoisotopic (exact) mass is 550 g/mol. The summed E-state index contributed by atoms with van der Waals surface area (Å²) in [5.41, 5.74) is 2.21. The second-order valence-corrected chi connectivity index (χ2v) is 11.4. The van der Waals surface area contributed by atoms with Gasteiger partial charge in [-0.1, -0.05) is 20.8 Å². The Morgan fingerprint density at radius 1 is 1.05 bits per heavy atom. The van der Waals surface area contributed by atoms with E-state index in [1.807, 2.05) is 55.9 Å². The molecule has 12 nitrogen and oxygen atoms in total. The van der Waals surface area contributed by atoms with Crippen molar-refractivity contribution in [2.75, 3.05) is 63.3 Å². The fourth-order valence-corrected chi connectivity index (χ4v) is 4.88. The highest BCUT2D eigenvalue weighted by atomic mass is 16.6. The first-order valence-electron chi connectivity index (χ1n) is 13.8. The quantitative estimate of drug-likeness (QED) is 0.490. The van der Waals surface area contributed by atoms with E-state index in [0.717, 1.165) is 48.3 Å². The predicted octanol–water partition coefficient (Wildman–Crippen LogP) is 3.90. The molecule has 2 aliphatic heterocycles. The van der Waals surface area contributed by atoms with E-state index in [1.165, 1.54) is 0 Å². The van der Waals surface area contributed by atoms with E-state index in [9.17, 15) is 9.59 Å². The van der Waals surface area contributed by atoms with Gasteiger partial charge in [0, 0.05) is 44.5 Å². The van der Waals surface area contributed by atoms with E-state index in [4.69, 9.17) is 24.5 Å². The number of aromatic nitrogens is 4. The number of benzene rings is 1. The largest absolute Gasteiger partial charge is 0.449 e. The Morgan fingerprint density at radius 3 is 2.40 bits per heavy atom.